The Labute approximate surface area is 85.8 Å². The van der Waals surface area contributed by atoms with E-state index in [-0.39, 0.29) is 0 Å². The molecule has 0 aromatic rings. The van der Waals surface area contributed by atoms with E-state index in [1.54, 1.807) is 0 Å². The molecule has 14 heavy (non-hydrogen) atoms. The van der Waals surface area contributed by atoms with Crippen molar-refractivity contribution in [2.75, 3.05) is 13.6 Å². The predicted molar refractivity (Wildman–Crippen MR) is 60.2 cm³/mol. The molecule has 1 aliphatic carbocycles. The van der Waals surface area contributed by atoms with E-state index in [1.165, 1.54) is 17.6 Å². The van der Waals surface area contributed by atoms with E-state index in [0.717, 1.165) is 6.54 Å². The van der Waals surface area contributed by atoms with Crippen LogP contribution in [0.25, 0.3) is 0 Å². The summed E-state index contributed by atoms with van der Waals surface area (Å²) in [6, 6.07) is 0.501. The molecule has 0 aromatic carbocycles. The van der Waals surface area contributed by atoms with Gasteiger partial charge < -0.3 is 10.6 Å². The lowest BCUT2D eigenvalue weighted by molar-refractivity contribution is 0.578. The van der Waals surface area contributed by atoms with Crippen LogP contribution in [0.15, 0.2) is 36.0 Å². The lowest BCUT2D eigenvalue weighted by Gasteiger charge is -2.10. The Morgan fingerprint density at radius 3 is 2.86 bits per heavy atom. The second-order valence-electron chi connectivity index (χ2n) is 4.16. The quantitative estimate of drug-likeness (QED) is 0.521. The molecular formula is C12H18N2. The highest BCUT2D eigenvalue weighted by Crippen LogP contribution is 2.42. The summed E-state index contributed by atoms with van der Waals surface area (Å²) in [6.07, 6.45) is 7.22. The summed E-state index contributed by atoms with van der Waals surface area (Å²) >= 11 is 0. The molecule has 2 rings (SSSR count). The Bertz CT molecular complexity index is 308. The first-order valence-corrected chi connectivity index (χ1v) is 5.16. The Morgan fingerprint density at radius 2 is 2.36 bits per heavy atom. The van der Waals surface area contributed by atoms with E-state index in [9.17, 15) is 0 Å². The molecule has 76 valence electrons. The Hall–Kier alpha value is -0.860. The van der Waals surface area contributed by atoms with Gasteiger partial charge in [-0.05, 0) is 31.5 Å². The lowest BCUT2D eigenvalue weighted by atomic mass is 10.0. The Kier molecular flexibility index (Phi) is 2.33. The second kappa shape index (κ2) is 3.37. The van der Waals surface area contributed by atoms with Gasteiger partial charge in [-0.15, -0.1) is 0 Å². The smallest absolute Gasteiger partial charge is 0.0543 e. The van der Waals surface area contributed by atoms with Gasteiger partial charge in [0.1, 0.15) is 0 Å². The number of hydrogen-bond acceptors (Lipinski definition) is 2. The molecular weight excluding hydrogens is 172 g/mol. The van der Waals surface area contributed by atoms with Crippen LogP contribution in [0, 0.1) is 0 Å². The van der Waals surface area contributed by atoms with Crippen molar-refractivity contribution in [2.24, 2.45) is 0 Å². The number of allylic oxidation sites excluding steroid dienone is 2. The van der Waals surface area contributed by atoms with Crippen molar-refractivity contribution in [1.82, 2.24) is 10.6 Å². The van der Waals surface area contributed by atoms with Crippen LogP contribution in [0.4, 0.5) is 0 Å². The van der Waals surface area contributed by atoms with Gasteiger partial charge in [-0.3, -0.25) is 0 Å². The number of rotatable bonds is 3. The first kappa shape index (κ1) is 9.69. The summed E-state index contributed by atoms with van der Waals surface area (Å²) in [5.41, 5.74) is 3.25. The van der Waals surface area contributed by atoms with E-state index >= 15 is 0 Å². The van der Waals surface area contributed by atoms with Crippen molar-refractivity contribution in [3.05, 3.63) is 36.0 Å². The van der Waals surface area contributed by atoms with Gasteiger partial charge >= 0.3 is 0 Å². The molecule has 2 aliphatic rings. The predicted octanol–water partition coefficient (Wildman–Crippen LogP) is 1.38. The van der Waals surface area contributed by atoms with Gasteiger partial charge in [-0.1, -0.05) is 24.8 Å². The molecule has 1 spiro atoms. The standard InChI is InChI=1S/C12H18N2/c1-4-5-6-10-9(2)12(8-14-12)7-11(10)13-3/h4-6,11,13-14H,1,7-8H2,2-3H3/b6-5-. The minimum atomic E-state index is 0.328. The molecule has 1 aliphatic heterocycles. The largest absolute Gasteiger partial charge is 0.313 e. The highest BCUT2D eigenvalue weighted by Gasteiger charge is 2.50. The normalized spacial score (nSPS) is 36.0. The van der Waals surface area contributed by atoms with E-state index in [4.69, 9.17) is 0 Å². The summed E-state index contributed by atoms with van der Waals surface area (Å²) in [5.74, 6) is 0. The van der Waals surface area contributed by atoms with E-state index in [1.807, 2.05) is 19.2 Å². The van der Waals surface area contributed by atoms with Crippen molar-refractivity contribution in [2.45, 2.75) is 24.9 Å². The van der Waals surface area contributed by atoms with Crippen LogP contribution >= 0.6 is 0 Å². The van der Waals surface area contributed by atoms with Gasteiger partial charge in [0.25, 0.3) is 0 Å². The zero-order chi connectivity index (χ0) is 10.2. The molecule has 2 heteroatoms. The summed E-state index contributed by atoms with van der Waals surface area (Å²) in [5, 5.41) is 6.84. The van der Waals surface area contributed by atoms with Crippen LogP contribution < -0.4 is 10.6 Å². The van der Waals surface area contributed by atoms with Crippen molar-refractivity contribution in [3.8, 4) is 0 Å². The molecule has 0 amide bonds. The minimum absolute atomic E-state index is 0.328. The zero-order valence-electron chi connectivity index (χ0n) is 8.93. The number of hydrogen-bond donors (Lipinski definition) is 2. The van der Waals surface area contributed by atoms with Crippen molar-refractivity contribution in [3.63, 3.8) is 0 Å². The molecule has 1 saturated heterocycles. The monoisotopic (exact) mass is 190 g/mol. The lowest BCUT2D eigenvalue weighted by Crippen LogP contribution is -2.26. The Balaban J connectivity index is 2.27. The summed E-state index contributed by atoms with van der Waals surface area (Å²) in [4.78, 5) is 0. The third-order valence-corrected chi connectivity index (χ3v) is 3.44. The SMILES string of the molecule is C=C/C=C\C1=C(C)C2(CN2)CC1NC. The van der Waals surface area contributed by atoms with Crippen LogP contribution in [0.5, 0.6) is 0 Å². The molecule has 2 N–H and O–H groups in total. The third kappa shape index (κ3) is 1.35. The minimum Gasteiger partial charge on any atom is -0.313 e. The molecule has 0 radical (unpaired) electrons. The van der Waals surface area contributed by atoms with Crippen molar-refractivity contribution < 1.29 is 0 Å². The van der Waals surface area contributed by atoms with Crippen LogP contribution in [0.3, 0.4) is 0 Å². The molecule has 2 unspecified atom stereocenters. The first-order valence-electron chi connectivity index (χ1n) is 5.16. The van der Waals surface area contributed by atoms with E-state index < -0.39 is 0 Å². The maximum absolute atomic E-state index is 3.70. The van der Waals surface area contributed by atoms with Gasteiger partial charge in [0.2, 0.25) is 0 Å². The molecule has 1 fully saturated rings. The molecule has 2 nitrogen and oxygen atoms in total. The van der Waals surface area contributed by atoms with Crippen molar-refractivity contribution >= 4 is 0 Å². The molecule has 2 atom stereocenters. The molecule has 1 heterocycles. The maximum atomic E-state index is 3.70. The molecule has 0 bridgehead atoms. The maximum Gasteiger partial charge on any atom is 0.0543 e. The summed E-state index contributed by atoms with van der Waals surface area (Å²) in [6.45, 7) is 7.08. The average molecular weight is 190 g/mol. The highest BCUT2D eigenvalue weighted by molar-refractivity contribution is 5.47. The fourth-order valence-corrected chi connectivity index (χ4v) is 2.34. The van der Waals surface area contributed by atoms with Gasteiger partial charge in [0, 0.05) is 12.6 Å². The fraction of sp³-hybridized carbons (Fsp3) is 0.500. The van der Waals surface area contributed by atoms with Crippen LogP contribution in [0.2, 0.25) is 0 Å². The second-order valence-corrected chi connectivity index (χ2v) is 4.16. The zero-order valence-corrected chi connectivity index (χ0v) is 8.93. The summed E-state index contributed by atoms with van der Waals surface area (Å²) in [7, 11) is 2.03. The van der Waals surface area contributed by atoms with Crippen LogP contribution in [0.1, 0.15) is 13.3 Å². The van der Waals surface area contributed by atoms with Gasteiger partial charge in [0.05, 0.1) is 5.54 Å². The molecule has 0 saturated carbocycles. The first-order chi connectivity index (χ1) is 6.73. The Morgan fingerprint density at radius 1 is 1.64 bits per heavy atom. The van der Waals surface area contributed by atoms with Crippen LogP contribution in [-0.4, -0.2) is 25.2 Å². The third-order valence-electron chi connectivity index (χ3n) is 3.44. The highest BCUT2D eigenvalue weighted by atomic mass is 15.2. The number of likely N-dealkylation sites (N-methyl/N-ethyl adjacent to an activating group) is 1. The van der Waals surface area contributed by atoms with Gasteiger partial charge in [0.15, 0.2) is 0 Å². The van der Waals surface area contributed by atoms with Gasteiger partial charge in [-0.2, -0.15) is 0 Å². The summed E-state index contributed by atoms with van der Waals surface area (Å²) < 4.78 is 0. The average Bonchev–Trinajstić information content (AvgIpc) is 2.91. The fourth-order valence-electron chi connectivity index (χ4n) is 2.34. The van der Waals surface area contributed by atoms with E-state index in [2.05, 4.69) is 30.2 Å². The number of nitrogens with one attached hydrogen (secondary N) is 2. The topological polar surface area (TPSA) is 34.0 Å². The van der Waals surface area contributed by atoms with Crippen molar-refractivity contribution in [1.29, 1.82) is 0 Å². The van der Waals surface area contributed by atoms with E-state index in [0.29, 0.717) is 11.6 Å². The van der Waals surface area contributed by atoms with Gasteiger partial charge in [-0.25, -0.2) is 0 Å². The molecule has 0 aromatic heterocycles. The van der Waals surface area contributed by atoms with Crippen LogP contribution in [-0.2, 0) is 0 Å².